The molecule has 0 atom stereocenters. The van der Waals surface area contributed by atoms with E-state index in [-0.39, 0.29) is 0 Å². The summed E-state index contributed by atoms with van der Waals surface area (Å²) >= 11 is 0. The van der Waals surface area contributed by atoms with Crippen LogP contribution in [0.5, 0.6) is 0 Å². The third-order valence-electron chi connectivity index (χ3n) is 3.18. The number of aromatic nitrogens is 3. The highest BCUT2D eigenvalue weighted by Crippen LogP contribution is 2.17. The zero-order valence-electron chi connectivity index (χ0n) is 10.4. The van der Waals surface area contributed by atoms with E-state index in [1.54, 1.807) is 0 Å². The van der Waals surface area contributed by atoms with E-state index in [4.69, 9.17) is 0 Å². The molecule has 0 aliphatic carbocycles. The van der Waals surface area contributed by atoms with Gasteiger partial charge in [0.15, 0.2) is 0 Å². The fraction of sp³-hybridized carbons (Fsp3) is 0.214. The van der Waals surface area contributed by atoms with Crippen LogP contribution in [0.3, 0.4) is 0 Å². The maximum atomic E-state index is 4.02. The molecule has 0 fully saturated rings. The minimum Gasteiger partial charge on any atom is -0.379 e. The van der Waals surface area contributed by atoms with Gasteiger partial charge in [-0.2, -0.15) is 5.10 Å². The molecule has 92 valence electrons. The van der Waals surface area contributed by atoms with E-state index < -0.39 is 0 Å². The number of H-pyrrole nitrogens is 1. The number of hydrogen-bond donors (Lipinski definition) is 2. The fourth-order valence-corrected chi connectivity index (χ4v) is 2.16. The second-order valence-corrected chi connectivity index (χ2v) is 4.31. The Morgan fingerprint density at radius 3 is 3.17 bits per heavy atom. The summed E-state index contributed by atoms with van der Waals surface area (Å²) in [4.78, 5) is 0. The van der Waals surface area contributed by atoms with Crippen molar-refractivity contribution >= 4 is 16.6 Å². The lowest BCUT2D eigenvalue weighted by molar-refractivity contribution is 0.724. The van der Waals surface area contributed by atoms with Crippen LogP contribution in [0.25, 0.3) is 10.9 Å². The molecule has 3 rings (SSSR count). The van der Waals surface area contributed by atoms with Crippen molar-refractivity contribution in [1.29, 1.82) is 0 Å². The Bertz CT molecular complexity index is 650. The summed E-state index contributed by atoms with van der Waals surface area (Å²) in [5, 5.41) is 11.6. The van der Waals surface area contributed by atoms with Gasteiger partial charge in [-0.3, -0.25) is 5.10 Å². The SMILES string of the molecule is CCn1cccc1CNc1ccc2cn[nH]c2c1. The summed E-state index contributed by atoms with van der Waals surface area (Å²) in [6.45, 7) is 3.99. The molecule has 0 spiro atoms. The zero-order chi connectivity index (χ0) is 12.4. The quantitative estimate of drug-likeness (QED) is 0.736. The van der Waals surface area contributed by atoms with Crippen LogP contribution in [0.2, 0.25) is 0 Å². The Labute approximate surface area is 106 Å². The van der Waals surface area contributed by atoms with Crippen molar-refractivity contribution < 1.29 is 0 Å². The van der Waals surface area contributed by atoms with E-state index in [9.17, 15) is 0 Å². The lowest BCUT2D eigenvalue weighted by atomic mass is 10.2. The maximum Gasteiger partial charge on any atom is 0.0670 e. The summed E-state index contributed by atoms with van der Waals surface area (Å²) in [6, 6.07) is 10.5. The Morgan fingerprint density at radius 2 is 2.28 bits per heavy atom. The molecule has 0 aliphatic rings. The number of fused-ring (bicyclic) bond motifs is 1. The first-order valence-corrected chi connectivity index (χ1v) is 6.18. The first-order chi connectivity index (χ1) is 8.86. The van der Waals surface area contributed by atoms with Gasteiger partial charge in [0.25, 0.3) is 0 Å². The molecule has 0 aliphatic heterocycles. The predicted octanol–water partition coefficient (Wildman–Crippen LogP) is 3.00. The molecular formula is C14H16N4. The lowest BCUT2D eigenvalue weighted by Gasteiger charge is -2.09. The van der Waals surface area contributed by atoms with Crippen molar-refractivity contribution in [2.75, 3.05) is 5.32 Å². The van der Waals surface area contributed by atoms with Gasteiger partial charge in [0.05, 0.1) is 18.3 Å². The van der Waals surface area contributed by atoms with E-state index in [2.05, 4.69) is 63.5 Å². The molecule has 0 radical (unpaired) electrons. The largest absolute Gasteiger partial charge is 0.379 e. The molecule has 1 aromatic carbocycles. The standard InChI is InChI=1S/C14H16N4/c1-2-18-7-3-4-13(18)10-15-12-6-5-11-9-16-17-14(11)8-12/h3-9,15H,2,10H2,1H3,(H,16,17). The second kappa shape index (κ2) is 4.56. The molecule has 4 heteroatoms. The first kappa shape index (κ1) is 10.9. The van der Waals surface area contributed by atoms with Gasteiger partial charge in [-0.25, -0.2) is 0 Å². The van der Waals surface area contributed by atoms with Crippen molar-refractivity contribution in [2.45, 2.75) is 20.0 Å². The third-order valence-corrected chi connectivity index (χ3v) is 3.18. The Kier molecular flexibility index (Phi) is 2.76. The van der Waals surface area contributed by atoms with Gasteiger partial charge in [0, 0.05) is 29.5 Å². The molecule has 3 aromatic rings. The number of rotatable bonds is 4. The molecule has 2 N–H and O–H groups in total. The van der Waals surface area contributed by atoms with Gasteiger partial charge in [0.2, 0.25) is 0 Å². The molecule has 18 heavy (non-hydrogen) atoms. The average molecular weight is 240 g/mol. The molecular weight excluding hydrogens is 224 g/mol. The number of nitrogens with one attached hydrogen (secondary N) is 2. The van der Waals surface area contributed by atoms with Crippen LogP contribution >= 0.6 is 0 Å². The second-order valence-electron chi connectivity index (χ2n) is 4.31. The number of anilines is 1. The van der Waals surface area contributed by atoms with Crippen molar-refractivity contribution in [1.82, 2.24) is 14.8 Å². The highest BCUT2D eigenvalue weighted by molar-refractivity contribution is 5.81. The van der Waals surface area contributed by atoms with Crippen LogP contribution in [0.4, 0.5) is 5.69 Å². The van der Waals surface area contributed by atoms with Gasteiger partial charge >= 0.3 is 0 Å². The number of aromatic amines is 1. The summed E-state index contributed by atoms with van der Waals surface area (Å²) in [6.07, 6.45) is 3.94. The molecule has 2 heterocycles. The number of hydrogen-bond acceptors (Lipinski definition) is 2. The van der Waals surface area contributed by atoms with Crippen LogP contribution in [-0.4, -0.2) is 14.8 Å². The van der Waals surface area contributed by atoms with Crippen LogP contribution < -0.4 is 5.32 Å². The predicted molar refractivity (Wildman–Crippen MR) is 73.5 cm³/mol. The van der Waals surface area contributed by atoms with E-state index in [0.717, 1.165) is 29.7 Å². The van der Waals surface area contributed by atoms with Gasteiger partial charge in [-0.15, -0.1) is 0 Å². The van der Waals surface area contributed by atoms with Crippen molar-refractivity contribution in [3.8, 4) is 0 Å². The lowest BCUT2D eigenvalue weighted by Crippen LogP contribution is -2.05. The van der Waals surface area contributed by atoms with Crippen molar-refractivity contribution in [3.63, 3.8) is 0 Å². The monoisotopic (exact) mass is 240 g/mol. The summed E-state index contributed by atoms with van der Waals surface area (Å²) in [7, 11) is 0. The topological polar surface area (TPSA) is 45.6 Å². The van der Waals surface area contributed by atoms with E-state index in [1.165, 1.54) is 5.69 Å². The Morgan fingerprint density at radius 1 is 1.33 bits per heavy atom. The number of benzene rings is 1. The molecule has 4 nitrogen and oxygen atoms in total. The van der Waals surface area contributed by atoms with Gasteiger partial charge in [0.1, 0.15) is 0 Å². The number of aryl methyl sites for hydroxylation is 1. The maximum absolute atomic E-state index is 4.02. The molecule has 0 bridgehead atoms. The fourth-order valence-electron chi connectivity index (χ4n) is 2.16. The van der Waals surface area contributed by atoms with Crippen LogP contribution in [-0.2, 0) is 13.1 Å². The molecule has 0 saturated carbocycles. The molecule has 2 aromatic heterocycles. The van der Waals surface area contributed by atoms with Crippen molar-refractivity contribution in [3.05, 3.63) is 48.4 Å². The van der Waals surface area contributed by atoms with E-state index in [1.807, 2.05) is 6.20 Å². The van der Waals surface area contributed by atoms with Gasteiger partial charge in [-0.05, 0) is 37.3 Å². The Hall–Kier alpha value is -2.23. The van der Waals surface area contributed by atoms with Crippen LogP contribution in [0, 0.1) is 0 Å². The number of nitrogens with zero attached hydrogens (tertiary/aromatic N) is 2. The van der Waals surface area contributed by atoms with E-state index >= 15 is 0 Å². The summed E-state index contributed by atoms with van der Waals surface area (Å²) < 4.78 is 2.24. The van der Waals surface area contributed by atoms with Gasteiger partial charge in [-0.1, -0.05) is 0 Å². The Balaban J connectivity index is 1.76. The minimum atomic E-state index is 0.834. The molecule has 0 saturated heterocycles. The highest BCUT2D eigenvalue weighted by Gasteiger charge is 2.00. The van der Waals surface area contributed by atoms with Gasteiger partial charge < -0.3 is 9.88 Å². The summed E-state index contributed by atoms with van der Waals surface area (Å²) in [5.41, 5.74) is 3.46. The normalized spacial score (nSPS) is 10.9. The van der Waals surface area contributed by atoms with E-state index in [0.29, 0.717) is 0 Å². The summed E-state index contributed by atoms with van der Waals surface area (Å²) in [5.74, 6) is 0. The zero-order valence-corrected chi connectivity index (χ0v) is 10.4. The van der Waals surface area contributed by atoms with Crippen molar-refractivity contribution in [2.24, 2.45) is 0 Å². The molecule has 0 amide bonds. The highest BCUT2D eigenvalue weighted by atomic mass is 15.1. The van der Waals surface area contributed by atoms with Crippen LogP contribution in [0.1, 0.15) is 12.6 Å². The minimum absolute atomic E-state index is 0.834. The first-order valence-electron chi connectivity index (χ1n) is 6.18. The third kappa shape index (κ3) is 1.97. The van der Waals surface area contributed by atoms with Crippen LogP contribution in [0.15, 0.2) is 42.7 Å². The smallest absolute Gasteiger partial charge is 0.0670 e. The molecule has 0 unspecified atom stereocenters. The average Bonchev–Trinajstić information content (AvgIpc) is 3.04.